The zero-order valence-electron chi connectivity index (χ0n) is 13.3. The molecule has 7 nitrogen and oxygen atoms in total. The summed E-state index contributed by atoms with van der Waals surface area (Å²) in [5.74, 6) is 0.0692. The Balaban J connectivity index is 4.12. The molecule has 0 aliphatic carbocycles. The van der Waals surface area contributed by atoms with Gasteiger partial charge in [0.2, 0.25) is 5.91 Å². The van der Waals surface area contributed by atoms with Gasteiger partial charge in [0.25, 0.3) is 0 Å². The summed E-state index contributed by atoms with van der Waals surface area (Å²) in [5, 5.41) is 2.73. The lowest BCUT2D eigenvalue weighted by molar-refractivity contribution is -0.128. The lowest BCUT2D eigenvalue weighted by Gasteiger charge is -2.20. The number of nitrogens with one attached hydrogen (secondary N) is 1. The van der Waals surface area contributed by atoms with Gasteiger partial charge in [0.05, 0.1) is 12.1 Å². The van der Waals surface area contributed by atoms with E-state index in [9.17, 15) is 9.59 Å². The van der Waals surface area contributed by atoms with E-state index in [2.05, 4.69) is 10.3 Å². The van der Waals surface area contributed by atoms with Gasteiger partial charge in [-0.05, 0) is 38.5 Å². The monoisotopic (exact) mass is 299 g/mol. The van der Waals surface area contributed by atoms with Crippen LogP contribution in [0.4, 0.5) is 0 Å². The minimum atomic E-state index is -0.613. The first-order valence-electron chi connectivity index (χ1n) is 7.35. The number of guanidine groups is 1. The highest BCUT2D eigenvalue weighted by atomic mass is 16.2. The first kappa shape index (κ1) is 19.4. The highest BCUT2D eigenvalue weighted by Gasteiger charge is 2.21. The molecule has 0 saturated heterocycles. The van der Waals surface area contributed by atoms with Gasteiger partial charge >= 0.3 is 0 Å². The fourth-order valence-corrected chi connectivity index (χ4v) is 1.89. The summed E-state index contributed by atoms with van der Waals surface area (Å²) in [5.41, 5.74) is 16.3. The summed E-state index contributed by atoms with van der Waals surface area (Å²) in [6, 6.07) is -1.07. The van der Waals surface area contributed by atoms with E-state index >= 15 is 0 Å². The third-order valence-electron chi connectivity index (χ3n) is 3.07. The molecule has 0 bridgehead atoms. The molecule has 0 heterocycles. The van der Waals surface area contributed by atoms with Crippen LogP contribution in [0.5, 0.6) is 0 Å². The van der Waals surface area contributed by atoms with Gasteiger partial charge in [-0.1, -0.05) is 13.8 Å². The highest BCUT2D eigenvalue weighted by Crippen LogP contribution is 2.07. The number of carbonyl (C=O) groups excluding carboxylic acids is 2. The van der Waals surface area contributed by atoms with Crippen LogP contribution >= 0.6 is 0 Å². The third-order valence-corrected chi connectivity index (χ3v) is 3.07. The quantitative estimate of drug-likeness (QED) is 0.253. The van der Waals surface area contributed by atoms with Crippen LogP contribution in [0.25, 0.3) is 0 Å². The molecule has 0 saturated carbocycles. The molecule has 0 aromatic rings. The van der Waals surface area contributed by atoms with Crippen LogP contribution in [0.1, 0.15) is 46.5 Å². The van der Waals surface area contributed by atoms with Crippen molar-refractivity contribution in [1.29, 1.82) is 0 Å². The van der Waals surface area contributed by atoms with E-state index in [1.165, 1.54) is 6.92 Å². The molecule has 122 valence electrons. The molecule has 7 N–H and O–H groups in total. The van der Waals surface area contributed by atoms with Crippen molar-refractivity contribution in [2.45, 2.75) is 58.5 Å². The number of hydrogen-bond acceptors (Lipinski definition) is 4. The lowest BCUT2D eigenvalue weighted by Crippen LogP contribution is -2.48. The maximum Gasteiger partial charge on any atom is 0.237 e. The number of nitrogens with zero attached hydrogens (tertiary/aromatic N) is 1. The lowest BCUT2D eigenvalue weighted by atomic mass is 10.00. The molecular formula is C14H29N5O2. The average molecular weight is 299 g/mol. The predicted molar refractivity (Wildman–Crippen MR) is 84.6 cm³/mol. The van der Waals surface area contributed by atoms with Crippen LogP contribution < -0.4 is 22.5 Å². The van der Waals surface area contributed by atoms with Gasteiger partial charge in [0.1, 0.15) is 0 Å². The van der Waals surface area contributed by atoms with Crippen molar-refractivity contribution >= 4 is 17.6 Å². The fourth-order valence-electron chi connectivity index (χ4n) is 1.89. The van der Waals surface area contributed by atoms with Crippen molar-refractivity contribution in [2.75, 3.05) is 6.54 Å². The van der Waals surface area contributed by atoms with Gasteiger partial charge in [0.15, 0.2) is 11.7 Å². The Bertz CT molecular complexity index is 364. The van der Waals surface area contributed by atoms with Crippen LogP contribution in [0.2, 0.25) is 0 Å². The van der Waals surface area contributed by atoms with Gasteiger partial charge in [-0.25, -0.2) is 0 Å². The number of rotatable bonds is 10. The Labute approximate surface area is 126 Å². The molecular weight excluding hydrogens is 270 g/mol. The number of hydrogen-bond donors (Lipinski definition) is 4. The number of unbranched alkanes of at least 4 members (excludes halogenated alkanes) is 1. The smallest absolute Gasteiger partial charge is 0.237 e. The summed E-state index contributed by atoms with van der Waals surface area (Å²) >= 11 is 0. The van der Waals surface area contributed by atoms with Crippen LogP contribution in [0.3, 0.4) is 0 Å². The molecule has 1 amide bonds. The molecule has 0 fully saturated rings. The van der Waals surface area contributed by atoms with Gasteiger partial charge in [-0.15, -0.1) is 0 Å². The molecule has 0 spiro atoms. The summed E-state index contributed by atoms with van der Waals surface area (Å²) in [6.07, 6.45) is 2.68. The van der Waals surface area contributed by atoms with Crippen molar-refractivity contribution in [3.63, 3.8) is 0 Å². The molecule has 0 aromatic heterocycles. The maximum atomic E-state index is 12.0. The van der Waals surface area contributed by atoms with Crippen LogP contribution in [-0.4, -0.2) is 36.3 Å². The second-order valence-electron chi connectivity index (χ2n) is 5.71. The van der Waals surface area contributed by atoms with Crippen molar-refractivity contribution in [1.82, 2.24) is 5.32 Å². The number of nitrogens with two attached hydrogens (primary N) is 3. The average Bonchev–Trinajstić information content (AvgIpc) is 2.36. The zero-order chi connectivity index (χ0) is 16.4. The number of aliphatic imine (C=N–C) groups is 1. The molecule has 0 unspecified atom stereocenters. The van der Waals surface area contributed by atoms with Crippen molar-refractivity contribution in [3.05, 3.63) is 0 Å². The molecule has 21 heavy (non-hydrogen) atoms. The van der Waals surface area contributed by atoms with Gasteiger partial charge < -0.3 is 22.5 Å². The SMILES string of the molecule is CC(=O)[C@@H](CC(C)C)NC(=O)[C@@H](N)CCCCN=C(N)N. The Hall–Kier alpha value is -1.63. The number of carbonyl (C=O) groups is 2. The summed E-state index contributed by atoms with van der Waals surface area (Å²) in [4.78, 5) is 27.3. The Morgan fingerprint density at radius 1 is 1.19 bits per heavy atom. The van der Waals surface area contributed by atoms with Gasteiger partial charge in [0, 0.05) is 6.54 Å². The van der Waals surface area contributed by atoms with Crippen LogP contribution in [0.15, 0.2) is 4.99 Å². The molecule has 7 heteroatoms. The van der Waals surface area contributed by atoms with E-state index in [4.69, 9.17) is 17.2 Å². The largest absolute Gasteiger partial charge is 0.370 e. The zero-order valence-corrected chi connectivity index (χ0v) is 13.3. The molecule has 0 radical (unpaired) electrons. The van der Waals surface area contributed by atoms with E-state index in [0.717, 1.165) is 12.8 Å². The topological polar surface area (TPSA) is 137 Å². The second kappa shape index (κ2) is 10.1. The minimum absolute atomic E-state index is 0.0444. The standard InChI is InChI=1S/C14H29N5O2/c1-9(2)8-12(10(3)20)19-13(21)11(15)6-4-5-7-18-14(16)17/h9,11-12H,4-8,15H2,1-3H3,(H,19,21)(H4,16,17,18)/t11-,12+/m0/s1. The van der Waals surface area contributed by atoms with Gasteiger partial charge in [-0.3, -0.25) is 14.6 Å². The number of amides is 1. The second-order valence-corrected chi connectivity index (χ2v) is 5.71. The molecule has 0 aliphatic heterocycles. The van der Waals surface area contributed by atoms with Crippen molar-refractivity contribution in [3.8, 4) is 0 Å². The third kappa shape index (κ3) is 9.84. The first-order valence-corrected chi connectivity index (χ1v) is 7.35. The highest BCUT2D eigenvalue weighted by molar-refractivity contribution is 5.89. The maximum absolute atomic E-state index is 12.0. The molecule has 0 aliphatic rings. The number of ketones is 1. The molecule has 0 aromatic carbocycles. The Morgan fingerprint density at radius 2 is 1.81 bits per heavy atom. The minimum Gasteiger partial charge on any atom is -0.370 e. The fraction of sp³-hybridized carbons (Fsp3) is 0.786. The Morgan fingerprint density at radius 3 is 2.29 bits per heavy atom. The summed E-state index contributed by atoms with van der Waals surface area (Å²) in [6.45, 7) is 6.02. The van der Waals surface area contributed by atoms with Crippen molar-refractivity contribution in [2.24, 2.45) is 28.1 Å². The first-order chi connectivity index (χ1) is 9.73. The number of Topliss-reactive ketones (excluding diaryl/α,β-unsaturated/α-hetero) is 1. The Kier molecular flexibility index (Phi) is 9.36. The molecule has 2 atom stereocenters. The van der Waals surface area contributed by atoms with E-state index < -0.39 is 12.1 Å². The van der Waals surface area contributed by atoms with Crippen molar-refractivity contribution < 1.29 is 9.59 Å². The normalized spacial score (nSPS) is 13.6. The van der Waals surface area contributed by atoms with Crippen LogP contribution in [-0.2, 0) is 9.59 Å². The summed E-state index contributed by atoms with van der Waals surface area (Å²) < 4.78 is 0. The van der Waals surface area contributed by atoms with E-state index in [1.54, 1.807) is 0 Å². The van der Waals surface area contributed by atoms with Crippen LogP contribution in [0, 0.1) is 5.92 Å². The predicted octanol–water partition coefficient (Wildman–Crippen LogP) is -0.123. The van der Waals surface area contributed by atoms with E-state index in [1.807, 2.05) is 13.8 Å². The molecule has 0 rings (SSSR count). The van der Waals surface area contributed by atoms with E-state index in [-0.39, 0.29) is 17.6 Å². The van der Waals surface area contributed by atoms with E-state index in [0.29, 0.717) is 25.3 Å². The summed E-state index contributed by atoms with van der Waals surface area (Å²) in [7, 11) is 0. The van der Waals surface area contributed by atoms with Gasteiger partial charge in [-0.2, -0.15) is 0 Å².